The first kappa shape index (κ1) is 44.7. The fourth-order valence-corrected chi connectivity index (χ4v) is 12.4. The van der Waals surface area contributed by atoms with Crippen LogP contribution in [0.4, 0.5) is 22.7 Å². The van der Waals surface area contributed by atoms with Gasteiger partial charge < -0.3 is 11.5 Å². The van der Waals surface area contributed by atoms with Crippen molar-refractivity contribution in [2.45, 2.75) is 118 Å². The number of amides is 4. The van der Waals surface area contributed by atoms with E-state index in [2.05, 4.69) is 110 Å². The average molecular weight is 915 g/mol. The summed E-state index contributed by atoms with van der Waals surface area (Å²) in [5.41, 5.74) is 29.6. The number of allylic oxidation sites excluding steroid dienone is 2. The molecule has 0 spiro atoms. The van der Waals surface area contributed by atoms with Gasteiger partial charge in [0.25, 0.3) is 11.8 Å². The van der Waals surface area contributed by atoms with Crippen molar-refractivity contribution in [3.05, 3.63) is 150 Å². The molecule has 69 heavy (non-hydrogen) atoms. The molecular formula is C61H62N4O4. The summed E-state index contributed by atoms with van der Waals surface area (Å²) in [5.74, 6) is -0.704. The standard InChI is InChI=1S/C61H62N4O4/c1-30(2)48-25-46(62)26-49(31(3)4)55(48)64-57(66)52-22-42-18-38-14-34-10-11-36-16-40-20-44-24-54-59(68)65(56-50(32(5)6)27-47(63)28-51(56)33(7)8)60(69)61(54,9)29-45(44)21-41(40)17-37(36)13-12-35(34)15-39(38)19-43(42)23-53(52)58(64)67/h10-11,14,16-22,24-28,30-33,35,53H,12-13,15,23,29,62-63H2,1-9H3/t35-,53?,61?/m0/s1. The van der Waals surface area contributed by atoms with Crippen molar-refractivity contribution in [2.75, 3.05) is 21.3 Å². The molecule has 2 saturated heterocycles. The minimum Gasteiger partial charge on any atom is -0.399 e. The van der Waals surface area contributed by atoms with Crippen molar-refractivity contribution in [3.63, 3.8) is 0 Å². The van der Waals surface area contributed by atoms with Crippen LogP contribution in [-0.2, 0) is 44.9 Å². The third-order valence-corrected chi connectivity index (χ3v) is 16.2. The first-order valence-corrected chi connectivity index (χ1v) is 25.0. The van der Waals surface area contributed by atoms with Crippen LogP contribution in [-0.4, -0.2) is 23.6 Å². The maximum atomic E-state index is 14.7. The first-order valence-electron chi connectivity index (χ1n) is 25.0. The lowest BCUT2D eigenvalue weighted by Gasteiger charge is -2.30. The van der Waals surface area contributed by atoms with Gasteiger partial charge in [0.05, 0.1) is 22.7 Å². The van der Waals surface area contributed by atoms with Crippen LogP contribution in [0.1, 0.15) is 159 Å². The Kier molecular flexibility index (Phi) is 10.3. The van der Waals surface area contributed by atoms with Gasteiger partial charge in [0.1, 0.15) is 0 Å². The maximum Gasteiger partial charge on any atom is 0.262 e. The second kappa shape index (κ2) is 15.9. The zero-order valence-electron chi connectivity index (χ0n) is 41.3. The Balaban J connectivity index is 0.898. The van der Waals surface area contributed by atoms with E-state index in [1.54, 1.807) is 0 Å². The molecule has 0 radical (unpaired) electrons. The molecular weight excluding hydrogens is 853 g/mol. The maximum absolute atomic E-state index is 14.7. The summed E-state index contributed by atoms with van der Waals surface area (Å²) in [6.45, 7) is 18.6. The number of nitrogens with two attached hydrogens (primary N) is 2. The van der Waals surface area contributed by atoms with E-state index in [1.807, 2.05) is 43.3 Å². The zero-order chi connectivity index (χ0) is 48.7. The second-order valence-electron chi connectivity index (χ2n) is 22.2. The van der Waals surface area contributed by atoms with Gasteiger partial charge in [-0.25, -0.2) is 9.80 Å². The summed E-state index contributed by atoms with van der Waals surface area (Å²) in [6.07, 6.45) is 14.6. The Bertz CT molecular complexity index is 3250. The molecule has 2 fully saturated rings. The number of aryl methyl sites for hydroxylation is 1. The molecule has 350 valence electrons. The molecule has 4 amide bonds. The Hall–Kier alpha value is -6.80. The number of carbonyl (C=O) groups excluding carboxylic acids is 4. The van der Waals surface area contributed by atoms with Crippen molar-refractivity contribution in [3.8, 4) is 0 Å². The molecule has 2 aliphatic heterocycles. The Morgan fingerprint density at radius 2 is 1.09 bits per heavy atom. The summed E-state index contributed by atoms with van der Waals surface area (Å²) in [6, 6.07) is 21.2. The van der Waals surface area contributed by atoms with Crippen molar-refractivity contribution in [1.29, 1.82) is 0 Å². The summed E-state index contributed by atoms with van der Waals surface area (Å²) < 4.78 is 0. The minimum atomic E-state index is -0.983. The Morgan fingerprint density at radius 3 is 1.71 bits per heavy atom. The van der Waals surface area contributed by atoms with Crippen LogP contribution in [0.25, 0.3) is 35.1 Å². The first-order chi connectivity index (χ1) is 32.8. The molecule has 5 aromatic carbocycles. The van der Waals surface area contributed by atoms with E-state index in [4.69, 9.17) is 11.5 Å². The summed E-state index contributed by atoms with van der Waals surface area (Å²) >= 11 is 0. The number of hydrogen-bond acceptors (Lipinski definition) is 6. The second-order valence-corrected chi connectivity index (χ2v) is 22.2. The molecule has 0 saturated carbocycles. The number of nitrogen functional groups attached to an aromatic ring is 2. The fourth-order valence-electron chi connectivity index (χ4n) is 12.4. The van der Waals surface area contributed by atoms with E-state index in [1.165, 1.54) is 32.1 Å². The van der Waals surface area contributed by atoms with Crippen LogP contribution in [0.5, 0.6) is 0 Å². The number of benzene rings is 5. The van der Waals surface area contributed by atoms with Crippen LogP contribution < -0.4 is 21.3 Å². The van der Waals surface area contributed by atoms with Gasteiger partial charge in [0, 0.05) is 22.5 Å². The van der Waals surface area contributed by atoms with Crippen molar-refractivity contribution < 1.29 is 19.2 Å². The van der Waals surface area contributed by atoms with Gasteiger partial charge in [-0.1, -0.05) is 91.8 Å². The van der Waals surface area contributed by atoms with E-state index < -0.39 is 11.3 Å². The fraction of sp³-hybridized carbons (Fsp3) is 0.344. The van der Waals surface area contributed by atoms with Gasteiger partial charge in [0.15, 0.2) is 0 Å². The predicted octanol–water partition coefficient (Wildman–Crippen LogP) is 12.4. The predicted molar refractivity (Wildman–Crippen MR) is 281 cm³/mol. The molecule has 0 bridgehead atoms. The molecule has 2 heterocycles. The number of anilines is 4. The molecule has 8 nitrogen and oxygen atoms in total. The van der Waals surface area contributed by atoms with Crippen LogP contribution in [0.2, 0.25) is 0 Å². The van der Waals surface area contributed by atoms with Gasteiger partial charge in [-0.15, -0.1) is 0 Å². The number of nitrogens with zero attached hydrogens (tertiary/aromatic N) is 2. The number of rotatable bonds is 6. The Labute approximate surface area is 405 Å². The highest BCUT2D eigenvalue weighted by Gasteiger charge is 2.55. The van der Waals surface area contributed by atoms with E-state index >= 15 is 0 Å². The van der Waals surface area contributed by atoms with Crippen LogP contribution in [0.3, 0.4) is 0 Å². The summed E-state index contributed by atoms with van der Waals surface area (Å²) in [7, 11) is 0. The van der Waals surface area contributed by atoms with Crippen LogP contribution >= 0.6 is 0 Å². The van der Waals surface area contributed by atoms with Gasteiger partial charge >= 0.3 is 0 Å². The topological polar surface area (TPSA) is 127 Å². The smallest absolute Gasteiger partial charge is 0.262 e. The summed E-state index contributed by atoms with van der Waals surface area (Å²) in [4.78, 5) is 60.9. The lowest BCUT2D eigenvalue weighted by molar-refractivity contribution is -0.125. The molecule has 4 aliphatic carbocycles. The molecule has 0 aromatic heterocycles. The van der Waals surface area contributed by atoms with Gasteiger partial charge in [-0.2, -0.15) is 0 Å². The van der Waals surface area contributed by atoms with Crippen LogP contribution in [0, 0.1) is 17.3 Å². The highest BCUT2D eigenvalue weighted by Crippen LogP contribution is 2.51. The van der Waals surface area contributed by atoms with E-state index in [0.717, 1.165) is 80.1 Å². The largest absolute Gasteiger partial charge is 0.399 e. The molecule has 4 N–H and O–H groups in total. The SMILES string of the molecule is CC(C)c1cc(N)cc(C(C)C)c1N1C(=O)C2=Cc3cc4c(cc3CC2C1=O)C[C@@H]1CCc2cc3cc5c(cc3cc2C=CC1=C4)C=C1C(=O)N(c2c(C(C)C)cc(N)cc2C(C)C)C(=O)C1(C)C5. The monoisotopic (exact) mass is 914 g/mol. The highest BCUT2D eigenvalue weighted by molar-refractivity contribution is 6.34. The van der Waals surface area contributed by atoms with E-state index in [9.17, 15) is 19.2 Å². The zero-order valence-corrected chi connectivity index (χ0v) is 41.3. The molecule has 8 heteroatoms. The molecule has 3 atom stereocenters. The Morgan fingerprint density at radius 1 is 0.551 bits per heavy atom. The quantitative estimate of drug-likeness (QED) is 0.129. The van der Waals surface area contributed by atoms with Crippen molar-refractivity contribution in [2.24, 2.45) is 17.3 Å². The summed E-state index contributed by atoms with van der Waals surface area (Å²) in [5, 5.41) is 2.24. The molecule has 6 aliphatic rings. The van der Waals surface area contributed by atoms with Gasteiger partial charge in [0.2, 0.25) is 11.8 Å². The average Bonchev–Trinajstić information content (AvgIpc) is 3.64. The van der Waals surface area contributed by atoms with Gasteiger partial charge in [-0.05, 0) is 206 Å². The van der Waals surface area contributed by atoms with Crippen molar-refractivity contribution >= 4 is 81.5 Å². The number of hydrogen-bond donors (Lipinski definition) is 2. The number of imide groups is 2. The third kappa shape index (κ3) is 6.91. The molecule has 5 aromatic rings. The lowest BCUT2D eigenvalue weighted by Crippen LogP contribution is -2.37. The lowest BCUT2D eigenvalue weighted by atomic mass is 9.72. The van der Waals surface area contributed by atoms with Gasteiger partial charge in [-0.3, -0.25) is 19.2 Å². The van der Waals surface area contributed by atoms with E-state index in [-0.39, 0.29) is 47.3 Å². The third-order valence-electron chi connectivity index (χ3n) is 16.2. The normalized spacial score (nSPS) is 21.5. The van der Waals surface area contributed by atoms with E-state index in [0.29, 0.717) is 52.7 Å². The molecule has 11 rings (SSSR count). The molecule has 2 unspecified atom stereocenters. The number of carbonyl (C=O) groups is 4. The number of fused-ring (bicyclic) bond motifs is 8. The van der Waals surface area contributed by atoms with Crippen LogP contribution in [0.15, 0.2) is 83.5 Å². The highest BCUT2D eigenvalue weighted by atomic mass is 16.2. The van der Waals surface area contributed by atoms with Crippen molar-refractivity contribution in [1.82, 2.24) is 0 Å². The minimum absolute atomic E-state index is 0.0634.